The highest BCUT2D eigenvalue weighted by Crippen LogP contribution is 2.22. The number of carbonyl (C=O) groups is 1. The highest BCUT2D eigenvalue weighted by molar-refractivity contribution is 7.86. The lowest BCUT2D eigenvalue weighted by atomic mass is 10.2. The van der Waals surface area contributed by atoms with Crippen molar-refractivity contribution in [1.82, 2.24) is 0 Å². The fraction of sp³-hybridized carbons (Fsp3) is 0.364. The van der Waals surface area contributed by atoms with Crippen LogP contribution in [0.4, 0.5) is 11.4 Å². The van der Waals surface area contributed by atoms with Gasteiger partial charge in [0.2, 0.25) is 5.91 Å². The third-order valence-corrected chi connectivity index (χ3v) is 3.92. The van der Waals surface area contributed by atoms with Crippen molar-refractivity contribution in [3.63, 3.8) is 0 Å². The summed E-state index contributed by atoms with van der Waals surface area (Å²) in [5.41, 5.74) is 6.56. The normalized spacial score (nSPS) is 12.5. The summed E-state index contributed by atoms with van der Waals surface area (Å²) in [4.78, 5) is 11.6. The van der Waals surface area contributed by atoms with Crippen LogP contribution in [0.3, 0.4) is 0 Å². The molecule has 0 saturated carbocycles. The molecular weight excluding hydrogens is 260 g/mol. The van der Waals surface area contributed by atoms with Crippen molar-refractivity contribution in [1.29, 1.82) is 0 Å². The Morgan fingerprint density at radius 3 is 2.76 bits per heavy atom. The van der Waals surface area contributed by atoms with Crippen LogP contribution in [0.1, 0.15) is 13.8 Å². The molecule has 1 aromatic carbocycles. The van der Waals surface area contributed by atoms with Gasteiger partial charge in [-0.25, -0.2) is 0 Å². The summed E-state index contributed by atoms with van der Waals surface area (Å²) < 4.78 is 11.5. The number of carbonyl (C=O) groups excluding carboxylic acids is 1. The molecule has 6 heteroatoms. The molecule has 0 aliphatic carbocycles. The zero-order valence-electron chi connectivity index (χ0n) is 9.70. The third kappa shape index (κ3) is 4.36. The molecule has 1 amide bonds. The van der Waals surface area contributed by atoms with Crippen molar-refractivity contribution in [3.05, 3.63) is 23.2 Å². The lowest BCUT2D eigenvalue weighted by Crippen LogP contribution is -2.23. The SMILES string of the molecule is CC(C)S(=O)CC(=O)Nc1cc(Cl)ccc1N. The van der Waals surface area contributed by atoms with Gasteiger partial charge >= 0.3 is 0 Å². The predicted molar refractivity (Wildman–Crippen MR) is 72.6 cm³/mol. The van der Waals surface area contributed by atoms with Gasteiger partial charge in [0, 0.05) is 21.1 Å². The van der Waals surface area contributed by atoms with Gasteiger partial charge in [-0.05, 0) is 18.2 Å². The minimum atomic E-state index is -1.17. The molecule has 94 valence electrons. The predicted octanol–water partition coefficient (Wildman–Crippen LogP) is 2.02. The van der Waals surface area contributed by atoms with E-state index in [0.29, 0.717) is 16.4 Å². The topological polar surface area (TPSA) is 72.2 Å². The van der Waals surface area contributed by atoms with Gasteiger partial charge in [0.15, 0.2) is 0 Å². The number of rotatable bonds is 4. The molecule has 0 radical (unpaired) electrons. The van der Waals surface area contributed by atoms with E-state index in [1.54, 1.807) is 32.0 Å². The average Bonchev–Trinajstić information content (AvgIpc) is 2.23. The Balaban J connectivity index is 2.68. The molecule has 1 aromatic rings. The minimum absolute atomic E-state index is 0.0381. The zero-order chi connectivity index (χ0) is 13.0. The van der Waals surface area contributed by atoms with Crippen LogP contribution in [0.5, 0.6) is 0 Å². The van der Waals surface area contributed by atoms with Crippen LogP contribution in [-0.2, 0) is 15.6 Å². The molecule has 0 bridgehead atoms. The highest BCUT2D eigenvalue weighted by Gasteiger charge is 2.12. The molecule has 0 spiro atoms. The van der Waals surface area contributed by atoms with Crippen molar-refractivity contribution < 1.29 is 9.00 Å². The van der Waals surface area contributed by atoms with Gasteiger partial charge in [-0.3, -0.25) is 9.00 Å². The van der Waals surface area contributed by atoms with E-state index >= 15 is 0 Å². The van der Waals surface area contributed by atoms with Crippen LogP contribution in [0.25, 0.3) is 0 Å². The largest absolute Gasteiger partial charge is 0.397 e. The first-order valence-corrected chi connectivity index (χ1v) is 6.88. The average molecular weight is 275 g/mol. The number of hydrogen-bond acceptors (Lipinski definition) is 3. The molecule has 0 aromatic heterocycles. The van der Waals surface area contributed by atoms with Crippen LogP contribution in [0, 0.1) is 0 Å². The van der Waals surface area contributed by atoms with Gasteiger partial charge in [-0.1, -0.05) is 25.4 Å². The molecule has 0 heterocycles. The summed E-state index contributed by atoms with van der Waals surface area (Å²) in [5, 5.41) is 3.04. The molecule has 3 N–H and O–H groups in total. The summed E-state index contributed by atoms with van der Waals surface area (Å²) >= 11 is 5.79. The summed E-state index contributed by atoms with van der Waals surface area (Å²) in [6.45, 7) is 3.61. The number of nitrogens with one attached hydrogen (secondary N) is 1. The van der Waals surface area contributed by atoms with E-state index < -0.39 is 10.8 Å². The first kappa shape index (κ1) is 14.0. The van der Waals surface area contributed by atoms with Crippen LogP contribution in [-0.4, -0.2) is 21.1 Å². The minimum Gasteiger partial charge on any atom is -0.397 e. The van der Waals surface area contributed by atoms with Crippen LogP contribution in [0.2, 0.25) is 5.02 Å². The lowest BCUT2D eigenvalue weighted by Gasteiger charge is -2.09. The molecular formula is C11H15ClN2O2S. The number of hydrogen-bond donors (Lipinski definition) is 2. The Morgan fingerprint density at radius 2 is 2.18 bits per heavy atom. The molecule has 4 nitrogen and oxygen atoms in total. The van der Waals surface area contributed by atoms with Gasteiger partial charge < -0.3 is 11.1 Å². The van der Waals surface area contributed by atoms with E-state index in [1.807, 2.05) is 0 Å². The molecule has 17 heavy (non-hydrogen) atoms. The van der Waals surface area contributed by atoms with E-state index in [0.717, 1.165) is 0 Å². The number of anilines is 2. The van der Waals surface area contributed by atoms with E-state index in [4.69, 9.17) is 17.3 Å². The number of nitrogen functional groups attached to an aromatic ring is 1. The third-order valence-electron chi connectivity index (χ3n) is 2.09. The number of nitrogens with two attached hydrogens (primary N) is 1. The molecule has 1 atom stereocenters. The van der Waals surface area contributed by atoms with E-state index in [-0.39, 0.29) is 16.9 Å². The first-order valence-electron chi connectivity index (χ1n) is 5.12. The Kier molecular flexibility index (Phi) is 4.96. The fourth-order valence-electron chi connectivity index (χ4n) is 1.12. The molecule has 1 unspecified atom stereocenters. The quantitative estimate of drug-likeness (QED) is 0.825. The summed E-state index contributed by atoms with van der Waals surface area (Å²) in [7, 11) is -1.17. The maximum atomic E-state index is 11.6. The zero-order valence-corrected chi connectivity index (χ0v) is 11.3. The van der Waals surface area contributed by atoms with Gasteiger partial charge in [0.1, 0.15) is 5.75 Å². The summed E-state index contributed by atoms with van der Waals surface area (Å²) in [6, 6.07) is 4.81. The van der Waals surface area contributed by atoms with Crippen molar-refractivity contribution in [2.24, 2.45) is 0 Å². The van der Waals surface area contributed by atoms with Gasteiger partial charge in [-0.15, -0.1) is 0 Å². The smallest absolute Gasteiger partial charge is 0.237 e. The van der Waals surface area contributed by atoms with E-state index in [2.05, 4.69) is 5.32 Å². The summed E-state index contributed by atoms with van der Waals surface area (Å²) in [5.74, 6) is -0.366. The first-order chi connectivity index (χ1) is 7.90. The Bertz CT molecular complexity index is 449. The maximum Gasteiger partial charge on any atom is 0.237 e. The van der Waals surface area contributed by atoms with Crippen LogP contribution in [0.15, 0.2) is 18.2 Å². The molecule has 0 saturated heterocycles. The molecule has 1 rings (SSSR count). The number of halogens is 1. The van der Waals surface area contributed by atoms with Crippen molar-refractivity contribution >= 4 is 39.7 Å². The molecule has 0 fully saturated rings. The van der Waals surface area contributed by atoms with Crippen molar-refractivity contribution in [3.8, 4) is 0 Å². The fourth-order valence-corrected chi connectivity index (χ4v) is 1.95. The van der Waals surface area contributed by atoms with Gasteiger partial charge in [0.25, 0.3) is 0 Å². The van der Waals surface area contributed by atoms with Crippen molar-refractivity contribution in [2.45, 2.75) is 19.1 Å². The Morgan fingerprint density at radius 1 is 1.53 bits per heavy atom. The maximum absolute atomic E-state index is 11.6. The van der Waals surface area contributed by atoms with E-state index in [9.17, 15) is 9.00 Å². The van der Waals surface area contributed by atoms with Crippen molar-refractivity contribution in [2.75, 3.05) is 16.8 Å². The number of amides is 1. The Labute approximate surface area is 108 Å². The van der Waals surface area contributed by atoms with Gasteiger partial charge in [0.05, 0.1) is 11.4 Å². The van der Waals surface area contributed by atoms with Crippen LogP contribution < -0.4 is 11.1 Å². The second-order valence-electron chi connectivity index (χ2n) is 3.85. The molecule has 0 aliphatic rings. The highest BCUT2D eigenvalue weighted by atomic mass is 35.5. The molecule has 0 aliphatic heterocycles. The second-order valence-corrected chi connectivity index (χ2v) is 6.28. The summed E-state index contributed by atoms with van der Waals surface area (Å²) in [6.07, 6.45) is 0. The van der Waals surface area contributed by atoms with E-state index in [1.165, 1.54) is 0 Å². The van der Waals surface area contributed by atoms with Crippen LogP contribution >= 0.6 is 11.6 Å². The second kappa shape index (κ2) is 6.02. The monoisotopic (exact) mass is 274 g/mol. The lowest BCUT2D eigenvalue weighted by molar-refractivity contribution is -0.113. The van der Waals surface area contributed by atoms with Gasteiger partial charge in [-0.2, -0.15) is 0 Å². The standard InChI is InChI=1S/C11H15ClN2O2S/c1-7(2)17(16)6-11(15)14-10-5-8(12)3-4-9(10)13/h3-5,7H,6,13H2,1-2H3,(H,14,15). The number of benzene rings is 1. The Hall–Kier alpha value is -1.07.